The Morgan fingerprint density at radius 2 is 2.11 bits per heavy atom. The number of amides is 1. The highest BCUT2D eigenvalue weighted by Crippen LogP contribution is 2.06. The Morgan fingerprint density at radius 3 is 2.74 bits per heavy atom. The zero-order valence-electron chi connectivity index (χ0n) is 10.1. The van der Waals surface area contributed by atoms with E-state index < -0.39 is 0 Å². The van der Waals surface area contributed by atoms with Crippen LogP contribution in [0.3, 0.4) is 0 Å². The van der Waals surface area contributed by atoms with Crippen LogP contribution in [0.5, 0.6) is 0 Å². The van der Waals surface area contributed by atoms with Crippen molar-refractivity contribution in [3.8, 4) is 0 Å². The molecule has 0 radical (unpaired) electrons. The van der Waals surface area contributed by atoms with Crippen LogP contribution in [0.4, 0.5) is 4.39 Å². The molecule has 0 saturated heterocycles. The van der Waals surface area contributed by atoms with Gasteiger partial charge in [0.2, 0.25) is 0 Å². The predicted molar refractivity (Wildman–Crippen MR) is 73.3 cm³/mol. The van der Waals surface area contributed by atoms with Crippen LogP contribution in [0.2, 0.25) is 0 Å². The molecule has 2 aromatic rings. The van der Waals surface area contributed by atoms with Crippen molar-refractivity contribution in [2.45, 2.75) is 13.0 Å². The first-order valence-corrected chi connectivity index (χ1v) is 6.66. The van der Waals surface area contributed by atoms with Gasteiger partial charge in [-0.25, -0.2) is 4.39 Å². The van der Waals surface area contributed by atoms with E-state index >= 15 is 0 Å². The molecule has 0 spiro atoms. The molecule has 0 atom stereocenters. The number of nitrogens with zero attached hydrogens (tertiary/aromatic N) is 2. The molecule has 0 saturated carbocycles. The Morgan fingerprint density at radius 1 is 1.37 bits per heavy atom. The summed E-state index contributed by atoms with van der Waals surface area (Å²) in [5.41, 5.74) is 0.461. The van der Waals surface area contributed by atoms with Gasteiger partial charge < -0.3 is 5.32 Å². The monoisotopic (exact) mass is 325 g/mol. The van der Waals surface area contributed by atoms with Gasteiger partial charge in [0.05, 0.1) is 10.7 Å². The normalized spacial score (nSPS) is 10.4. The van der Waals surface area contributed by atoms with Crippen molar-refractivity contribution < 1.29 is 9.18 Å². The highest BCUT2D eigenvalue weighted by atomic mass is 79.9. The first-order valence-electron chi connectivity index (χ1n) is 5.87. The second kappa shape index (κ2) is 6.47. The minimum atomic E-state index is -0.346. The summed E-state index contributed by atoms with van der Waals surface area (Å²) < 4.78 is 15.4. The van der Waals surface area contributed by atoms with Gasteiger partial charge in [-0.2, -0.15) is 5.10 Å². The minimum Gasteiger partial charge on any atom is -0.352 e. The summed E-state index contributed by atoms with van der Waals surface area (Å²) in [7, 11) is 0. The zero-order valence-corrected chi connectivity index (χ0v) is 11.7. The lowest BCUT2D eigenvalue weighted by molar-refractivity contribution is 0.0952. The molecule has 2 rings (SSSR count). The molecule has 1 heterocycles. The lowest BCUT2D eigenvalue weighted by atomic mass is 10.2. The maximum absolute atomic E-state index is 12.7. The zero-order chi connectivity index (χ0) is 13.7. The smallest absolute Gasteiger partial charge is 0.251 e. The van der Waals surface area contributed by atoms with Crippen LogP contribution in [0.1, 0.15) is 16.8 Å². The third-order valence-corrected chi connectivity index (χ3v) is 2.97. The number of halogens is 2. The number of hydrogen-bond donors (Lipinski definition) is 1. The van der Waals surface area contributed by atoms with Crippen molar-refractivity contribution in [2.75, 3.05) is 6.54 Å². The van der Waals surface area contributed by atoms with Crippen LogP contribution in [-0.2, 0) is 6.54 Å². The summed E-state index contributed by atoms with van der Waals surface area (Å²) in [6, 6.07) is 5.48. The Labute approximate surface area is 118 Å². The SMILES string of the molecule is O=C(NCCCn1cc(Br)cn1)c1ccc(F)cc1. The van der Waals surface area contributed by atoms with Gasteiger partial charge in [0.1, 0.15) is 5.82 Å². The van der Waals surface area contributed by atoms with Gasteiger partial charge in [0, 0.05) is 24.8 Å². The molecule has 1 aromatic heterocycles. The van der Waals surface area contributed by atoms with E-state index in [4.69, 9.17) is 0 Å². The Hall–Kier alpha value is -1.69. The minimum absolute atomic E-state index is 0.193. The second-order valence-corrected chi connectivity index (χ2v) is 4.95. The molecule has 1 N–H and O–H groups in total. The Kier molecular flexibility index (Phi) is 4.68. The average Bonchev–Trinajstić information content (AvgIpc) is 2.81. The average molecular weight is 326 g/mol. The van der Waals surface area contributed by atoms with Gasteiger partial charge >= 0.3 is 0 Å². The molecular weight excluding hydrogens is 313 g/mol. The lowest BCUT2D eigenvalue weighted by Crippen LogP contribution is -2.25. The molecular formula is C13H13BrFN3O. The molecule has 100 valence electrons. The predicted octanol–water partition coefficient (Wildman–Crippen LogP) is 2.60. The van der Waals surface area contributed by atoms with Gasteiger partial charge in [-0.1, -0.05) is 0 Å². The van der Waals surface area contributed by atoms with Gasteiger partial charge in [-0.15, -0.1) is 0 Å². The molecule has 6 heteroatoms. The van der Waals surface area contributed by atoms with Crippen LogP contribution >= 0.6 is 15.9 Å². The van der Waals surface area contributed by atoms with Crippen LogP contribution in [0.15, 0.2) is 41.1 Å². The van der Waals surface area contributed by atoms with E-state index in [0.717, 1.165) is 17.4 Å². The van der Waals surface area contributed by atoms with Gasteiger partial charge in [-0.05, 0) is 46.6 Å². The van der Waals surface area contributed by atoms with E-state index in [0.29, 0.717) is 12.1 Å². The topological polar surface area (TPSA) is 46.9 Å². The van der Waals surface area contributed by atoms with Crippen molar-refractivity contribution in [3.63, 3.8) is 0 Å². The highest BCUT2D eigenvalue weighted by Gasteiger charge is 2.04. The number of carbonyl (C=O) groups excluding carboxylic acids is 1. The molecule has 1 amide bonds. The summed E-state index contributed by atoms with van der Waals surface area (Å²) in [5, 5.41) is 6.90. The largest absolute Gasteiger partial charge is 0.352 e. The summed E-state index contributed by atoms with van der Waals surface area (Å²) in [4.78, 5) is 11.7. The van der Waals surface area contributed by atoms with E-state index in [-0.39, 0.29) is 11.7 Å². The molecule has 19 heavy (non-hydrogen) atoms. The maximum atomic E-state index is 12.7. The van der Waals surface area contributed by atoms with Gasteiger partial charge in [-0.3, -0.25) is 9.48 Å². The number of aromatic nitrogens is 2. The van der Waals surface area contributed by atoms with Crippen LogP contribution < -0.4 is 5.32 Å². The number of benzene rings is 1. The molecule has 0 aliphatic heterocycles. The fourth-order valence-corrected chi connectivity index (χ4v) is 1.93. The lowest BCUT2D eigenvalue weighted by Gasteiger charge is -2.05. The first-order chi connectivity index (χ1) is 9.15. The molecule has 0 fully saturated rings. The number of hydrogen-bond acceptors (Lipinski definition) is 2. The summed E-state index contributed by atoms with van der Waals surface area (Å²) in [5.74, 6) is -0.539. The maximum Gasteiger partial charge on any atom is 0.251 e. The summed E-state index contributed by atoms with van der Waals surface area (Å²) in [6.45, 7) is 1.28. The molecule has 1 aromatic carbocycles. The quantitative estimate of drug-likeness (QED) is 0.859. The first kappa shape index (κ1) is 13.7. The third-order valence-electron chi connectivity index (χ3n) is 2.56. The van der Waals surface area contributed by atoms with E-state index in [1.54, 1.807) is 10.9 Å². The number of rotatable bonds is 5. The molecule has 0 aliphatic carbocycles. The van der Waals surface area contributed by atoms with Crippen LogP contribution in [0, 0.1) is 5.82 Å². The summed E-state index contributed by atoms with van der Waals surface area (Å²) >= 11 is 3.32. The van der Waals surface area contributed by atoms with E-state index in [2.05, 4.69) is 26.3 Å². The third kappa shape index (κ3) is 4.17. The fraction of sp³-hybridized carbons (Fsp3) is 0.231. The van der Waals surface area contributed by atoms with Crippen molar-refractivity contribution >= 4 is 21.8 Å². The van der Waals surface area contributed by atoms with Gasteiger partial charge in [0.25, 0.3) is 5.91 Å². The van der Waals surface area contributed by atoms with Crippen LogP contribution in [-0.4, -0.2) is 22.2 Å². The van der Waals surface area contributed by atoms with Gasteiger partial charge in [0.15, 0.2) is 0 Å². The number of aryl methyl sites for hydroxylation is 1. The molecule has 0 bridgehead atoms. The van der Waals surface area contributed by atoms with E-state index in [1.165, 1.54) is 24.3 Å². The van der Waals surface area contributed by atoms with Crippen molar-refractivity contribution in [2.24, 2.45) is 0 Å². The molecule has 0 aliphatic rings. The van der Waals surface area contributed by atoms with Crippen molar-refractivity contribution in [1.82, 2.24) is 15.1 Å². The molecule has 4 nitrogen and oxygen atoms in total. The van der Waals surface area contributed by atoms with Crippen LogP contribution in [0.25, 0.3) is 0 Å². The number of carbonyl (C=O) groups is 1. The number of nitrogens with one attached hydrogen (secondary N) is 1. The fourth-order valence-electron chi connectivity index (χ4n) is 1.61. The van der Waals surface area contributed by atoms with E-state index in [9.17, 15) is 9.18 Å². The van der Waals surface area contributed by atoms with E-state index in [1.807, 2.05) is 6.20 Å². The Balaban J connectivity index is 1.73. The Bertz CT molecular complexity index is 553. The summed E-state index contributed by atoms with van der Waals surface area (Å²) in [6.07, 6.45) is 4.37. The highest BCUT2D eigenvalue weighted by molar-refractivity contribution is 9.10. The standard InChI is InChI=1S/C13H13BrFN3O/c14-11-8-17-18(9-11)7-1-6-16-13(19)10-2-4-12(15)5-3-10/h2-5,8-9H,1,6-7H2,(H,16,19). The second-order valence-electron chi connectivity index (χ2n) is 4.04. The molecule has 0 unspecified atom stereocenters. The van der Waals surface area contributed by atoms with Crippen molar-refractivity contribution in [3.05, 3.63) is 52.5 Å². The van der Waals surface area contributed by atoms with Crippen molar-refractivity contribution in [1.29, 1.82) is 0 Å².